The van der Waals surface area contributed by atoms with Crippen LogP contribution in [-0.4, -0.2) is 46.5 Å². The van der Waals surface area contributed by atoms with E-state index in [1.165, 1.54) is 6.26 Å². The first-order chi connectivity index (χ1) is 16.8. The summed E-state index contributed by atoms with van der Waals surface area (Å²) in [5, 5.41) is 20.4. The molecule has 2 aromatic heterocycles. The quantitative estimate of drug-likeness (QED) is 0.315. The van der Waals surface area contributed by atoms with Gasteiger partial charge >= 0.3 is 0 Å². The summed E-state index contributed by atoms with van der Waals surface area (Å²) in [6.07, 6.45) is 3.34. The molecule has 2 aromatic carbocycles. The third-order valence-corrected chi connectivity index (χ3v) is 6.59. The van der Waals surface area contributed by atoms with E-state index in [1.54, 1.807) is 31.3 Å². The number of aromatic nitrogens is 4. The molecule has 0 saturated heterocycles. The standard InChI is InChI=1S/C24H26N6O4S/c1-4-21-28-23(34-30-21)18-13-25-24(26-17-10-11-20(15(2)12-17)35(3,32)33)29-22(18)27-19(14-31)16-8-6-5-7-9-16/h5-13,19,31H,4,14H2,1-3H3,(H2,25,26,27,29)/t19-/m1/s1. The van der Waals surface area contributed by atoms with Gasteiger partial charge < -0.3 is 20.3 Å². The lowest BCUT2D eigenvalue weighted by molar-refractivity contribution is 0.276. The zero-order chi connectivity index (χ0) is 25.0. The minimum absolute atomic E-state index is 0.174. The zero-order valence-electron chi connectivity index (χ0n) is 19.6. The summed E-state index contributed by atoms with van der Waals surface area (Å²) in [5.41, 5.74) is 2.60. The molecular weight excluding hydrogens is 468 g/mol. The highest BCUT2D eigenvalue weighted by molar-refractivity contribution is 7.90. The van der Waals surface area contributed by atoms with E-state index in [0.29, 0.717) is 34.9 Å². The van der Waals surface area contributed by atoms with Crippen molar-refractivity contribution >= 4 is 27.3 Å². The summed E-state index contributed by atoms with van der Waals surface area (Å²) in [5.74, 6) is 1.47. The first-order valence-corrected chi connectivity index (χ1v) is 12.9. The zero-order valence-corrected chi connectivity index (χ0v) is 20.4. The molecule has 3 N–H and O–H groups in total. The smallest absolute Gasteiger partial charge is 0.263 e. The maximum Gasteiger partial charge on any atom is 0.263 e. The van der Waals surface area contributed by atoms with Crippen LogP contribution in [-0.2, 0) is 16.3 Å². The van der Waals surface area contributed by atoms with Crippen LogP contribution in [0.1, 0.15) is 29.9 Å². The summed E-state index contributed by atoms with van der Waals surface area (Å²) < 4.78 is 29.2. The third-order valence-electron chi connectivity index (χ3n) is 5.33. The Hall–Kier alpha value is -3.83. The van der Waals surface area contributed by atoms with Gasteiger partial charge in [0.15, 0.2) is 15.7 Å². The predicted octanol–water partition coefficient (Wildman–Crippen LogP) is 3.69. The molecule has 0 aliphatic carbocycles. The van der Waals surface area contributed by atoms with Gasteiger partial charge in [0.1, 0.15) is 11.4 Å². The molecule has 0 radical (unpaired) electrons. The number of aliphatic hydroxyl groups excluding tert-OH is 1. The van der Waals surface area contributed by atoms with Crippen molar-refractivity contribution in [3.8, 4) is 11.5 Å². The lowest BCUT2D eigenvalue weighted by atomic mass is 10.1. The first kappa shape index (κ1) is 24.3. The molecule has 4 rings (SSSR count). The number of hydrogen-bond donors (Lipinski definition) is 3. The largest absolute Gasteiger partial charge is 0.394 e. The van der Waals surface area contributed by atoms with E-state index in [9.17, 15) is 13.5 Å². The van der Waals surface area contributed by atoms with Gasteiger partial charge in [-0.3, -0.25) is 0 Å². The topological polar surface area (TPSA) is 143 Å². The number of aliphatic hydroxyl groups is 1. The van der Waals surface area contributed by atoms with E-state index >= 15 is 0 Å². The molecule has 182 valence electrons. The van der Waals surface area contributed by atoms with E-state index in [4.69, 9.17) is 4.52 Å². The number of nitrogens with zero attached hydrogens (tertiary/aromatic N) is 4. The summed E-state index contributed by atoms with van der Waals surface area (Å²) >= 11 is 0. The second-order valence-corrected chi connectivity index (χ2v) is 9.98. The molecule has 0 saturated carbocycles. The fourth-order valence-corrected chi connectivity index (χ4v) is 4.53. The second-order valence-electron chi connectivity index (χ2n) is 7.99. The van der Waals surface area contributed by atoms with Crippen LogP contribution in [0.15, 0.2) is 64.1 Å². The van der Waals surface area contributed by atoms with Crippen molar-refractivity contribution in [3.63, 3.8) is 0 Å². The van der Waals surface area contributed by atoms with Crippen molar-refractivity contribution in [3.05, 3.63) is 71.7 Å². The highest BCUT2D eigenvalue weighted by Gasteiger charge is 2.20. The SMILES string of the molecule is CCc1noc(-c2cnc(Nc3ccc(S(C)(=O)=O)c(C)c3)nc2N[C@H](CO)c2ccccc2)n1. The van der Waals surface area contributed by atoms with Gasteiger partial charge in [0, 0.05) is 24.6 Å². The van der Waals surface area contributed by atoms with Crippen molar-refractivity contribution in [2.24, 2.45) is 0 Å². The number of hydrogen-bond acceptors (Lipinski definition) is 10. The van der Waals surface area contributed by atoms with Gasteiger partial charge in [0.2, 0.25) is 5.95 Å². The van der Waals surface area contributed by atoms with E-state index < -0.39 is 15.9 Å². The molecule has 0 spiro atoms. The normalized spacial score (nSPS) is 12.3. The van der Waals surface area contributed by atoms with Crippen LogP contribution in [0.5, 0.6) is 0 Å². The summed E-state index contributed by atoms with van der Waals surface area (Å²) in [6.45, 7) is 3.48. The van der Waals surface area contributed by atoms with Crippen LogP contribution in [0.3, 0.4) is 0 Å². The monoisotopic (exact) mass is 494 g/mol. The minimum atomic E-state index is -3.33. The van der Waals surface area contributed by atoms with Gasteiger partial charge in [-0.2, -0.15) is 9.97 Å². The molecule has 11 heteroatoms. The van der Waals surface area contributed by atoms with Gasteiger partial charge in [0.25, 0.3) is 5.89 Å². The number of aryl methyl sites for hydroxylation is 2. The molecule has 0 aliphatic rings. The fraction of sp³-hybridized carbons (Fsp3) is 0.250. The van der Waals surface area contributed by atoms with E-state index in [0.717, 1.165) is 5.56 Å². The maximum atomic E-state index is 11.9. The van der Waals surface area contributed by atoms with E-state index in [-0.39, 0.29) is 23.3 Å². The molecule has 1 atom stereocenters. The Morgan fingerprint density at radius 1 is 1.11 bits per heavy atom. The van der Waals surface area contributed by atoms with Crippen LogP contribution in [0.25, 0.3) is 11.5 Å². The fourth-order valence-electron chi connectivity index (χ4n) is 3.57. The minimum Gasteiger partial charge on any atom is -0.394 e. The molecule has 35 heavy (non-hydrogen) atoms. The van der Waals surface area contributed by atoms with Crippen molar-refractivity contribution < 1.29 is 18.0 Å². The summed E-state index contributed by atoms with van der Waals surface area (Å²) in [4.78, 5) is 13.6. The van der Waals surface area contributed by atoms with E-state index in [1.807, 2.05) is 37.3 Å². The number of benzene rings is 2. The highest BCUT2D eigenvalue weighted by atomic mass is 32.2. The lowest BCUT2D eigenvalue weighted by Gasteiger charge is -2.19. The molecule has 0 unspecified atom stereocenters. The molecule has 4 aromatic rings. The van der Waals surface area contributed by atoms with Crippen molar-refractivity contribution in [2.45, 2.75) is 31.2 Å². The Morgan fingerprint density at radius 3 is 2.51 bits per heavy atom. The Morgan fingerprint density at radius 2 is 1.89 bits per heavy atom. The number of rotatable bonds is 9. The Balaban J connectivity index is 1.70. The average molecular weight is 495 g/mol. The number of anilines is 3. The molecular formula is C24H26N6O4S. The average Bonchev–Trinajstić information content (AvgIpc) is 3.31. The van der Waals surface area contributed by atoms with Crippen LogP contribution < -0.4 is 10.6 Å². The Bertz CT molecular complexity index is 1420. The first-order valence-electron chi connectivity index (χ1n) is 11.0. The predicted molar refractivity (Wildman–Crippen MR) is 132 cm³/mol. The Labute approximate surface area is 203 Å². The van der Waals surface area contributed by atoms with Gasteiger partial charge in [-0.15, -0.1) is 0 Å². The van der Waals surface area contributed by atoms with Gasteiger partial charge in [-0.05, 0) is 36.2 Å². The second kappa shape index (κ2) is 10.2. The molecule has 2 heterocycles. The summed E-state index contributed by atoms with van der Waals surface area (Å²) in [6, 6.07) is 14.0. The molecule has 10 nitrogen and oxygen atoms in total. The molecule has 0 aliphatic heterocycles. The third kappa shape index (κ3) is 5.64. The lowest BCUT2D eigenvalue weighted by Crippen LogP contribution is -2.17. The number of sulfone groups is 1. The molecule has 0 amide bonds. The maximum absolute atomic E-state index is 11.9. The van der Waals surface area contributed by atoms with Crippen LogP contribution in [0.2, 0.25) is 0 Å². The summed E-state index contributed by atoms with van der Waals surface area (Å²) in [7, 11) is -3.33. The number of nitrogens with one attached hydrogen (secondary N) is 2. The van der Waals surface area contributed by atoms with Crippen LogP contribution in [0.4, 0.5) is 17.5 Å². The molecule has 0 fully saturated rings. The Kier molecular flexibility index (Phi) is 7.08. The van der Waals surface area contributed by atoms with Crippen molar-refractivity contribution in [1.82, 2.24) is 20.1 Å². The van der Waals surface area contributed by atoms with Gasteiger partial charge in [0.05, 0.1) is 17.5 Å². The van der Waals surface area contributed by atoms with Crippen molar-refractivity contribution in [1.29, 1.82) is 0 Å². The molecule has 0 bridgehead atoms. The van der Waals surface area contributed by atoms with E-state index in [2.05, 4.69) is 30.7 Å². The van der Waals surface area contributed by atoms with Crippen LogP contribution >= 0.6 is 0 Å². The van der Waals surface area contributed by atoms with Crippen molar-refractivity contribution in [2.75, 3.05) is 23.5 Å². The van der Waals surface area contributed by atoms with Gasteiger partial charge in [-0.25, -0.2) is 13.4 Å². The van der Waals surface area contributed by atoms with Gasteiger partial charge in [-0.1, -0.05) is 42.4 Å². The van der Waals surface area contributed by atoms with Crippen LogP contribution in [0, 0.1) is 6.92 Å². The highest BCUT2D eigenvalue weighted by Crippen LogP contribution is 2.30.